The fourth-order valence-corrected chi connectivity index (χ4v) is 3.54. The van der Waals surface area contributed by atoms with Crippen molar-refractivity contribution in [1.29, 1.82) is 0 Å². The van der Waals surface area contributed by atoms with Crippen LogP contribution >= 0.6 is 39.1 Å². The van der Waals surface area contributed by atoms with Crippen LogP contribution in [0.4, 0.5) is 0 Å². The lowest BCUT2D eigenvalue weighted by atomic mass is 10.1. The summed E-state index contributed by atoms with van der Waals surface area (Å²) in [6.45, 7) is 2.20. The van der Waals surface area contributed by atoms with Crippen molar-refractivity contribution in [3.63, 3.8) is 0 Å². The highest BCUT2D eigenvalue weighted by Gasteiger charge is 2.17. The van der Waals surface area contributed by atoms with Crippen LogP contribution in [0.15, 0.2) is 16.6 Å². The molecule has 0 fully saturated rings. The van der Waals surface area contributed by atoms with Gasteiger partial charge in [0.2, 0.25) is 10.0 Å². The van der Waals surface area contributed by atoms with E-state index in [4.69, 9.17) is 33.1 Å². The van der Waals surface area contributed by atoms with E-state index in [9.17, 15) is 8.42 Å². The second-order valence-corrected chi connectivity index (χ2v) is 7.82. The zero-order valence-electron chi connectivity index (χ0n) is 10.9. The molecule has 0 aliphatic rings. The Morgan fingerprint density at radius 2 is 2.00 bits per heavy atom. The molecule has 1 aromatic carbocycles. The Morgan fingerprint density at radius 3 is 2.55 bits per heavy atom. The normalized spacial score (nSPS) is 13.2. The number of primary sulfonamides is 1. The van der Waals surface area contributed by atoms with Gasteiger partial charge in [0.1, 0.15) is 5.75 Å². The highest BCUT2D eigenvalue weighted by atomic mass is 79.9. The molecule has 0 aliphatic heterocycles. The molecule has 0 amide bonds. The quantitative estimate of drug-likeness (QED) is 0.701. The molecule has 8 heteroatoms. The SMILES string of the molecule is CCCC(COc1cc(Cl)c(Br)cc1Cl)CS(N)(=O)=O. The minimum Gasteiger partial charge on any atom is -0.492 e. The minimum atomic E-state index is -3.52. The number of benzene rings is 1. The molecule has 20 heavy (non-hydrogen) atoms. The van der Waals surface area contributed by atoms with Crippen molar-refractivity contribution in [3.8, 4) is 5.75 Å². The number of sulfonamides is 1. The van der Waals surface area contributed by atoms with E-state index in [1.807, 2.05) is 6.92 Å². The van der Waals surface area contributed by atoms with Gasteiger partial charge >= 0.3 is 0 Å². The molecule has 1 unspecified atom stereocenters. The van der Waals surface area contributed by atoms with E-state index in [1.165, 1.54) is 0 Å². The summed E-state index contributed by atoms with van der Waals surface area (Å²) >= 11 is 15.3. The lowest BCUT2D eigenvalue weighted by molar-refractivity contribution is 0.252. The van der Waals surface area contributed by atoms with Crippen LogP contribution in [0.2, 0.25) is 10.0 Å². The average molecular weight is 405 g/mol. The van der Waals surface area contributed by atoms with Gasteiger partial charge in [0.05, 0.1) is 22.4 Å². The lowest BCUT2D eigenvalue weighted by Crippen LogP contribution is -2.27. The third-order valence-electron chi connectivity index (χ3n) is 2.61. The van der Waals surface area contributed by atoms with Gasteiger partial charge in [-0.1, -0.05) is 36.5 Å². The predicted molar refractivity (Wildman–Crippen MR) is 86.0 cm³/mol. The second kappa shape index (κ2) is 7.84. The number of halogens is 3. The van der Waals surface area contributed by atoms with E-state index in [1.54, 1.807) is 12.1 Å². The van der Waals surface area contributed by atoms with Crippen molar-refractivity contribution in [2.75, 3.05) is 12.4 Å². The maximum atomic E-state index is 11.2. The van der Waals surface area contributed by atoms with Crippen LogP contribution in [0.25, 0.3) is 0 Å². The van der Waals surface area contributed by atoms with Crippen molar-refractivity contribution in [1.82, 2.24) is 0 Å². The number of hydrogen-bond donors (Lipinski definition) is 1. The van der Waals surface area contributed by atoms with Gasteiger partial charge in [0.25, 0.3) is 0 Å². The maximum absolute atomic E-state index is 11.2. The van der Waals surface area contributed by atoms with Crippen LogP contribution in [0.5, 0.6) is 5.75 Å². The van der Waals surface area contributed by atoms with E-state index in [-0.39, 0.29) is 18.3 Å². The second-order valence-electron chi connectivity index (χ2n) is 4.49. The monoisotopic (exact) mass is 403 g/mol. The molecule has 2 N–H and O–H groups in total. The molecule has 0 aromatic heterocycles. The zero-order chi connectivity index (χ0) is 15.3. The van der Waals surface area contributed by atoms with E-state index >= 15 is 0 Å². The Labute approximate surface area is 137 Å². The Bertz CT molecular complexity index is 566. The Balaban J connectivity index is 2.75. The van der Waals surface area contributed by atoms with Gasteiger partial charge in [-0.05, 0) is 28.4 Å². The molecule has 0 spiro atoms. The number of nitrogens with two attached hydrogens (primary N) is 1. The molecule has 1 rings (SSSR count). The van der Waals surface area contributed by atoms with Crippen molar-refractivity contribution >= 4 is 49.2 Å². The third kappa shape index (κ3) is 6.18. The summed E-state index contributed by atoms with van der Waals surface area (Å²) in [6.07, 6.45) is 1.55. The fraction of sp³-hybridized carbons (Fsp3) is 0.500. The van der Waals surface area contributed by atoms with Gasteiger partial charge < -0.3 is 4.74 Å². The van der Waals surface area contributed by atoms with E-state index in [0.29, 0.717) is 26.7 Å². The number of ether oxygens (including phenoxy) is 1. The van der Waals surface area contributed by atoms with Crippen molar-refractivity contribution in [2.24, 2.45) is 11.1 Å². The minimum absolute atomic E-state index is 0.108. The fourth-order valence-electron chi connectivity index (χ4n) is 1.77. The van der Waals surface area contributed by atoms with E-state index < -0.39 is 10.0 Å². The average Bonchev–Trinajstić information content (AvgIpc) is 2.30. The molecule has 4 nitrogen and oxygen atoms in total. The molecule has 0 radical (unpaired) electrons. The highest BCUT2D eigenvalue weighted by molar-refractivity contribution is 9.10. The summed E-state index contributed by atoms with van der Waals surface area (Å²) in [4.78, 5) is 0. The molecule has 1 aromatic rings. The van der Waals surface area contributed by atoms with Crippen LogP contribution < -0.4 is 9.88 Å². The highest BCUT2D eigenvalue weighted by Crippen LogP contribution is 2.34. The molecule has 1 atom stereocenters. The lowest BCUT2D eigenvalue weighted by Gasteiger charge is -2.17. The van der Waals surface area contributed by atoms with Crippen molar-refractivity contribution in [2.45, 2.75) is 19.8 Å². The van der Waals surface area contributed by atoms with E-state index in [2.05, 4.69) is 15.9 Å². The maximum Gasteiger partial charge on any atom is 0.209 e. The Morgan fingerprint density at radius 1 is 1.35 bits per heavy atom. The van der Waals surface area contributed by atoms with Crippen LogP contribution in [0, 0.1) is 5.92 Å². The summed E-state index contributed by atoms with van der Waals surface area (Å²) < 4.78 is 28.6. The number of rotatable bonds is 7. The Hall–Kier alpha value is -0.0100. The molecular weight excluding hydrogens is 389 g/mol. The van der Waals surface area contributed by atoms with Gasteiger partial charge in [-0.2, -0.15) is 0 Å². The summed E-state index contributed by atoms with van der Waals surface area (Å²) in [5.41, 5.74) is 0. The summed E-state index contributed by atoms with van der Waals surface area (Å²) in [7, 11) is -3.52. The first-order valence-corrected chi connectivity index (χ1v) is 9.27. The summed E-state index contributed by atoms with van der Waals surface area (Å²) in [5, 5.41) is 5.96. The molecule has 114 valence electrons. The molecular formula is C12H16BrCl2NO3S. The smallest absolute Gasteiger partial charge is 0.209 e. The van der Waals surface area contributed by atoms with E-state index in [0.717, 1.165) is 6.42 Å². The van der Waals surface area contributed by atoms with Gasteiger partial charge in [-0.15, -0.1) is 0 Å². The first kappa shape index (κ1) is 18.0. The van der Waals surface area contributed by atoms with Gasteiger partial charge in [0, 0.05) is 16.5 Å². The predicted octanol–water partition coefficient (Wildman–Crippen LogP) is 3.84. The number of hydrogen-bond acceptors (Lipinski definition) is 3. The van der Waals surface area contributed by atoms with Crippen LogP contribution in [0.1, 0.15) is 19.8 Å². The largest absolute Gasteiger partial charge is 0.492 e. The van der Waals surface area contributed by atoms with Gasteiger partial charge in [0.15, 0.2) is 0 Å². The first-order valence-electron chi connectivity index (χ1n) is 6.00. The van der Waals surface area contributed by atoms with Gasteiger partial charge in [-0.3, -0.25) is 0 Å². The standard InChI is InChI=1S/C12H16BrCl2NO3S/c1-2-3-8(7-20(16,17)18)6-19-12-5-10(14)9(13)4-11(12)15/h4-5,8H,2-3,6-7H2,1H3,(H2,16,17,18). The van der Waals surface area contributed by atoms with Crippen LogP contribution in [-0.4, -0.2) is 20.8 Å². The summed E-state index contributed by atoms with van der Waals surface area (Å²) in [5.74, 6) is 0.145. The first-order chi connectivity index (χ1) is 9.23. The van der Waals surface area contributed by atoms with Crippen molar-refractivity contribution in [3.05, 3.63) is 26.7 Å². The van der Waals surface area contributed by atoms with Crippen molar-refractivity contribution < 1.29 is 13.2 Å². The Kier molecular flexibility index (Phi) is 7.08. The molecule has 0 saturated carbocycles. The molecule has 0 bridgehead atoms. The molecule has 0 heterocycles. The molecule has 0 saturated heterocycles. The zero-order valence-corrected chi connectivity index (χ0v) is 14.8. The van der Waals surface area contributed by atoms with Crippen LogP contribution in [-0.2, 0) is 10.0 Å². The summed E-state index contributed by atoms with van der Waals surface area (Å²) in [6, 6.07) is 3.22. The third-order valence-corrected chi connectivity index (χ3v) is 5.04. The molecule has 0 aliphatic carbocycles. The van der Waals surface area contributed by atoms with Crippen LogP contribution in [0.3, 0.4) is 0 Å². The van der Waals surface area contributed by atoms with Gasteiger partial charge in [-0.25, -0.2) is 13.6 Å². The topological polar surface area (TPSA) is 69.4 Å².